The summed E-state index contributed by atoms with van der Waals surface area (Å²) in [6.45, 7) is 9.78. The van der Waals surface area contributed by atoms with Crippen LogP contribution in [-0.4, -0.2) is 71.9 Å². The third-order valence-corrected chi connectivity index (χ3v) is 5.80. The fourth-order valence-corrected chi connectivity index (χ4v) is 4.40. The predicted molar refractivity (Wildman–Crippen MR) is 114 cm³/mol. The minimum Gasteiger partial charge on any atom is -0.467 e. The van der Waals surface area contributed by atoms with E-state index in [-0.39, 0.29) is 11.5 Å². The van der Waals surface area contributed by atoms with E-state index in [4.69, 9.17) is 20.9 Å². The molecule has 0 radical (unpaired) electrons. The summed E-state index contributed by atoms with van der Waals surface area (Å²) in [6.07, 6.45) is 0. The molecule has 0 amide bonds. The van der Waals surface area contributed by atoms with E-state index in [0.717, 1.165) is 35.8 Å². The lowest BCUT2D eigenvalue weighted by Crippen LogP contribution is -2.60. The first kappa shape index (κ1) is 28.5. The average molecular weight is 469 g/mol. The highest BCUT2D eigenvalue weighted by atomic mass is 33.1. The first-order valence-electron chi connectivity index (χ1n) is 8.89. The molecular weight excluding hydrogens is 436 g/mol. The van der Waals surface area contributed by atoms with Gasteiger partial charge in [-0.15, -0.1) is 0 Å². The molecule has 0 bridgehead atoms. The summed E-state index contributed by atoms with van der Waals surface area (Å²) >= 11 is 0. The lowest BCUT2D eigenvalue weighted by molar-refractivity contribution is -0.170. The van der Waals surface area contributed by atoms with E-state index in [1.165, 1.54) is 0 Å². The van der Waals surface area contributed by atoms with Gasteiger partial charge in [-0.25, -0.2) is 19.2 Å². The molecular formula is C18H32N2O8S2. The fraction of sp³-hybridized carbons (Fsp3) is 0.778. The van der Waals surface area contributed by atoms with E-state index in [9.17, 15) is 19.2 Å². The van der Waals surface area contributed by atoms with Gasteiger partial charge in [-0.2, -0.15) is 0 Å². The molecule has 4 N–H and O–H groups in total. The molecule has 0 aliphatic carbocycles. The van der Waals surface area contributed by atoms with Gasteiger partial charge in [0.05, 0.1) is 14.2 Å². The summed E-state index contributed by atoms with van der Waals surface area (Å²) in [5.41, 5.74) is 6.04. The molecule has 12 heteroatoms. The molecule has 0 spiro atoms. The van der Waals surface area contributed by atoms with Gasteiger partial charge in [0.25, 0.3) is 0 Å². The topological polar surface area (TPSA) is 157 Å². The molecule has 0 aliphatic rings. The summed E-state index contributed by atoms with van der Waals surface area (Å²) in [7, 11) is 4.07. The van der Waals surface area contributed by atoms with Crippen LogP contribution in [0, 0.1) is 0 Å². The number of carbonyl (C=O) groups excluding carboxylic acids is 4. The van der Waals surface area contributed by atoms with Crippen molar-refractivity contribution in [1.82, 2.24) is 0 Å². The van der Waals surface area contributed by atoms with Crippen LogP contribution in [0.2, 0.25) is 0 Å². The van der Waals surface area contributed by atoms with Crippen molar-refractivity contribution < 1.29 is 38.1 Å². The number of esters is 4. The molecule has 0 saturated heterocycles. The quantitative estimate of drug-likeness (QED) is 0.161. The van der Waals surface area contributed by atoms with Gasteiger partial charge in [0, 0.05) is 11.5 Å². The Kier molecular flexibility index (Phi) is 10.2. The van der Waals surface area contributed by atoms with Crippen molar-refractivity contribution >= 4 is 45.5 Å². The Balaban J connectivity index is 5.32. The van der Waals surface area contributed by atoms with Gasteiger partial charge in [-0.05, 0) is 41.5 Å². The van der Waals surface area contributed by atoms with Gasteiger partial charge in [0.1, 0.15) is 11.2 Å². The minimum absolute atomic E-state index is 0.259. The van der Waals surface area contributed by atoms with Gasteiger partial charge >= 0.3 is 23.9 Å². The molecule has 174 valence electrons. The number of ether oxygens (including phenoxy) is 4. The zero-order valence-electron chi connectivity index (χ0n) is 18.7. The molecule has 2 atom stereocenters. The highest BCUT2D eigenvalue weighted by Crippen LogP contribution is 2.31. The van der Waals surface area contributed by atoms with E-state index >= 15 is 0 Å². The van der Waals surface area contributed by atoms with Gasteiger partial charge in [-0.1, -0.05) is 21.6 Å². The van der Waals surface area contributed by atoms with Crippen molar-refractivity contribution in [3.8, 4) is 0 Å². The van der Waals surface area contributed by atoms with Crippen molar-refractivity contribution in [2.75, 3.05) is 25.7 Å². The number of hydrogen-bond acceptors (Lipinski definition) is 12. The van der Waals surface area contributed by atoms with E-state index < -0.39 is 46.2 Å². The summed E-state index contributed by atoms with van der Waals surface area (Å²) in [4.78, 5) is 49.2. The lowest BCUT2D eigenvalue weighted by Gasteiger charge is -2.30. The van der Waals surface area contributed by atoms with E-state index in [1.54, 1.807) is 41.5 Å². The van der Waals surface area contributed by atoms with E-state index in [0.29, 0.717) is 0 Å². The molecule has 0 fully saturated rings. The Morgan fingerprint density at radius 3 is 1.10 bits per heavy atom. The Morgan fingerprint density at radius 1 is 0.633 bits per heavy atom. The van der Waals surface area contributed by atoms with Crippen molar-refractivity contribution in [2.24, 2.45) is 11.5 Å². The molecule has 0 unspecified atom stereocenters. The number of carbonyl (C=O) groups is 4. The van der Waals surface area contributed by atoms with Crippen molar-refractivity contribution in [3.05, 3.63) is 0 Å². The highest BCUT2D eigenvalue weighted by Gasteiger charge is 2.49. The van der Waals surface area contributed by atoms with Crippen molar-refractivity contribution in [1.29, 1.82) is 0 Å². The highest BCUT2D eigenvalue weighted by molar-refractivity contribution is 8.76. The second kappa shape index (κ2) is 10.7. The molecule has 10 nitrogen and oxygen atoms in total. The Hall–Kier alpha value is -1.50. The standard InChI is InChI=1S/C18H32N2O8S2/c1-15(2,3)27-13(23)17(19,11(21)25-7)9-29-30-10-18(20,12(22)26-8)14(24)28-16(4,5)6/h9-10,19-20H2,1-8H3/t17-,18-/m0/s1. The van der Waals surface area contributed by atoms with Crippen molar-refractivity contribution in [3.63, 3.8) is 0 Å². The largest absolute Gasteiger partial charge is 0.467 e. The molecule has 30 heavy (non-hydrogen) atoms. The Morgan fingerprint density at radius 2 is 0.900 bits per heavy atom. The van der Waals surface area contributed by atoms with Gasteiger partial charge in [-0.3, -0.25) is 0 Å². The van der Waals surface area contributed by atoms with Gasteiger partial charge < -0.3 is 30.4 Å². The normalized spacial score (nSPS) is 15.9. The van der Waals surface area contributed by atoms with E-state index in [2.05, 4.69) is 9.47 Å². The minimum atomic E-state index is -2.09. The third-order valence-electron chi connectivity index (χ3n) is 3.28. The molecule has 0 aromatic heterocycles. The van der Waals surface area contributed by atoms with Gasteiger partial charge in [0.15, 0.2) is 0 Å². The first-order chi connectivity index (χ1) is 13.4. The van der Waals surface area contributed by atoms with Gasteiger partial charge in [0.2, 0.25) is 11.1 Å². The second-order valence-corrected chi connectivity index (χ2v) is 10.9. The average Bonchev–Trinajstić information content (AvgIpc) is 2.60. The Labute approximate surface area is 184 Å². The maximum Gasteiger partial charge on any atom is 0.339 e. The van der Waals surface area contributed by atoms with Crippen molar-refractivity contribution in [2.45, 2.75) is 63.8 Å². The summed E-state index contributed by atoms with van der Waals surface area (Å²) < 4.78 is 19.7. The first-order valence-corrected chi connectivity index (χ1v) is 11.4. The second-order valence-electron chi connectivity index (χ2n) is 8.45. The molecule has 0 saturated carbocycles. The van der Waals surface area contributed by atoms with Crippen LogP contribution in [0.4, 0.5) is 0 Å². The van der Waals surface area contributed by atoms with Crippen LogP contribution < -0.4 is 11.5 Å². The molecule has 0 rings (SSSR count). The lowest BCUT2D eigenvalue weighted by atomic mass is 10.0. The van der Waals surface area contributed by atoms with Crippen LogP contribution in [0.25, 0.3) is 0 Å². The van der Waals surface area contributed by atoms with Crippen LogP contribution >= 0.6 is 21.6 Å². The SMILES string of the molecule is COC(=O)[C@@](N)(CSSC[C@](N)(C(=O)OC)C(=O)OC(C)(C)C)C(=O)OC(C)(C)C. The Bertz CT molecular complexity index is 604. The molecule has 0 aromatic carbocycles. The van der Waals surface area contributed by atoms with Crippen LogP contribution in [-0.2, 0) is 38.1 Å². The summed E-state index contributed by atoms with van der Waals surface area (Å²) in [5, 5.41) is 0. The van der Waals surface area contributed by atoms with Crippen LogP contribution in [0.3, 0.4) is 0 Å². The van der Waals surface area contributed by atoms with Crippen LogP contribution in [0.1, 0.15) is 41.5 Å². The molecule has 0 heterocycles. The molecule has 0 aliphatic heterocycles. The maximum absolute atomic E-state index is 12.4. The maximum atomic E-state index is 12.4. The number of rotatable bonds is 9. The number of nitrogens with two attached hydrogens (primary N) is 2. The summed E-state index contributed by atoms with van der Waals surface area (Å²) in [6, 6.07) is 0. The predicted octanol–water partition coefficient (Wildman–Crippen LogP) is 0.792. The zero-order valence-corrected chi connectivity index (χ0v) is 20.3. The monoisotopic (exact) mass is 468 g/mol. The van der Waals surface area contributed by atoms with Crippen LogP contribution in [0.15, 0.2) is 0 Å². The molecule has 0 aromatic rings. The zero-order chi connectivity index (χ0) is 24.0. The smallest absolute Gasteiger partial charge is 0.339 e. The van der Waals surface area contributed by atoms with E-state index in [1.807, 2.05) is 0 Å². The summed E-state index contributed by atoms with van der Waals surface area (Å²) in [5.74, 6) is -4.41. The third kappa shape index (κ3) is 8.32. The number of methoxy groups -OCH3 is 2. The fourth-order valence-electron chi connectivity index (χ4n) is 1.77. The number of hydrogen-bond donors (Lipinski definition) is 2. The van der Waals surface area contributed by atoms with Crippen LogP contribution in [0.5, 0.6) is 0 Å².